The van der Waals surface area contributed by atoms with Crippen molar-refractivity contribution in [1.29, 1.82) is 0 Å². The third-order valence-electron chi connectivity index (χ3n) is 3.29. The molecule has 8 heteroatoms. The molecule has 110 valence electrons. The van der Waals surface area contributed by atoms with Gasteiger partial charge in [0.25, 0.3) is 5.69 Å². The highest BCUT2D eigenvalue weighted by atomic mass is 32.2. The van der Waals surface area contributed by atoms with E-state index in [1.165, 1.54) is 6.07 Å². The van der Waals surface area contributed by atoms with Crippen LogP contribution < -0.4 is 5.14 Å². The molecule has 0 spiro atoms. The van der Waals surface area contributed by atoms with E-state index in [4.69, 9.17) is 9.88 Å². The predicted octanol–water partition coefficient (Wildman–Crippen LogP) is 0.451. The van der Waals surface area contributed by atoms with E-state index in [0.29, 0.717) is 25.2 Å². The van der Waals surface area contributed by atoms with Gasteiger partial charge in [-0.3, -0.25) is 15.0 Å². The highest BCUT2D eigenvalue weighted by molar-refractivity contribution is 7.89. The lowest BCUT2D eigenvalue weighted by Gasteiger charge is -2.26. The van der Waals surface area contributed by atoms with E-state index in [1.807, 2.05) is 0 Å². The molecule has 0 saturated carbocycles. The Morgan fingerprint density at radius 3 is 2.70 bits per heavy atom. The Morgan fingerprint density at radius 1 is 1.40 bits per heavy atom. The summed E-state index contributed by atoms with van der Waals surface area (Å²) in [5.41, 5.74) is 0.616. The van der Waals surface area contributed by atoms with Crippen LogP contribution in [0, 0.1) is 10.1 Å². The molecule has 1 aromatic carbocycles. The van der Waals surface area contributed by atoms with Crippen LogP contribution in [0.25, 0.3) is 0 Å². The van der Waals surface area contributed by atoms with Gasteiger partial charge >= 0.3 is 0 Å². The van der Waals surface area contributed by atoms with Gasteiger partial charge in [0, 0.05) is 25.2 Å². The average molecular weight is 299 g/mol. The van der Waals surface area contributed by atoms with Gasteiger partial charge in [0.1, 0.15) is 0 Å². The Morgan fingerprint density at radius 2 is 2.10 bits per heavy atom. The SMILES string of the molecule is N[S+]([O-])c1ccc(CCN2CCOCC2)c([N+](=O)[O-])c1. The highest BCUT2D eigenvalue weighted by Crippen LogP contribution is 2.23. The van der Waals surface area contributed by atoms with Gasteiger partial charge < -0.3 is 9.29 Å². The molecule has 0 amide bonds. The number of nitrogens with two attached hydrogens (primary N) is 1. The molecule has 0 bridgehead atoms. The maximum Gasteiger partial charge on any atom is 0.277 e. The fourth-order valence-electron chi connectivity index (χ4n) is 2.15. The minimum absolute atomic E-state index is 0.0189. The molecule has 20 heavy (non-hydrogen) atoms. The molecule has 1 aromatic rings. The molecule has 1 fully saturated rings. The smallest absolute Gasteiger partial charge is 0.277 e. The van der Waals surface area contributed by atoms with Gasteiger partial charge in [0.05, 0.1) is 35.6 Å². The minimum Gasteiger partial charge on any atom is -0.593 e. The van der Waals surface area contributed by atoms with E-state index < -0.39 is 16.3 Å². The van der Waals surface area contributed by atoms with Gasteiger partial charge in [-0.2, -0.15) is 0 Å². The topological polar surface area (TPSA) is 105 Å². The molecule has 1 unspecified atom stereocenters. The van der Waals surface area contributed by atoms with Crippen LogP contribution in [0.2, 0.25) is 0 Å². The number of morpholine rings is 1. The molecule has 0 aromatic heterocycles. The summed E-state index contributed by atoms with van der Waals surface area (Å²) in [6, 6.07) is 4.52. The van der Waals surface area contributed by atoms with Crippen LogP contribution in [-0.4, -0.2) is 47.2 Å². The Labute approximate surface area is 120 Å². The lowest BCUT2D eigenvalue weighted by molar-refractivity contribution is -0.385. The monoisotopic (exact) mass is 299 g/mol. The molecule has 1 atom stereocenters. The van der Waals surface area contributed by atoms with Gasteiger partial charge in [0.2, 0.25) is 0 Å². The highest BCUT2D eigenvalue weighted by Gasteiger charge is 2.19. The van der Waals surface area contributed by atoms with Crippen molar-refractivity contribution in [3.63, 3.8) is 0 Å². The molecule has 1 aliphatic heterocycles. The molecule has 1 aliphatic rings. The minimum atomic E-state index is -1.70. The van der Waals surface area contributed by atoms with E-state index in [0.717, 1.165) is 19.6 Å². The number of ether oxygens (including phenoxy) is 1. The van der Waals surface area contributed by atoms with Crippen molar-refractivity contribution >= 4 is 17.0 Å². The molecule has 1 heterocycles. The molecule has 0 radical (unpaired) electrons. The molecular formula is C12H17N3O4S. The zero-order valence-corrected chi connectivity index (χ0v) is 11.8. The number of rotatable bonds is 5. The van der Waals surface area contributed by atoms with Gasteiger partial charge in [0.15, 0.2) is 4.90 Å². The van der Waals surface area contributed by atoms with E-state index in [9.17, 15) is 14.7 Å². The molecule has 7 nitrogen and oxygen atoms in total. The third kappa shape index (κ3) is 3.90. The number of hydrogen-bond donors (Lipinski definition) is 1. The zero-order valence-electron chi connectivity index (χ0n) is 11.0. The Balaban J connectivity index is 2.07. The largest absolute Gasteiger partial charge is 0.593 e. The Bertz CT molecular complexity index is 478. The van der Waals surface area contributed by atoms with Crippen LogP contribution in [0.15, 0.2) is 23.1 Å². The normalized spacial score (nSPS) is 17.9. The maximum absolute atomic E-state index is 11.2. The molecule has 1 saturated heterocycles. The van der Waals surface area contributed by atoms with Crippen LogP contribution in [0.3, 0.4) is 0 Å². The molecule has 2 rings (SSSR count). The summed E-state index contributed by atoms with van der Waals surface area (Å²) < 4.78 is 16.4. The summed E-state index contributed by atoms with van der Waals surface area (Å²) in [4.78, 5) is 13.1. The molecular weight excluding hydrogens is 282 g/mol. The van der Waals surface area contributed by atoms with E-state index in [1.54, 1.807) is 12.1 Å². The molecule has 0 aliphatic carbocycles. The zero-order chi connectivity index (χ0) is 14.5. The van der Waals surface area contributed by atoms with E-state index >= 15 is 0 Å². The van der Waals surface area contributed by atoms with Crippen LogP contribution in [0.4, 0.5) is 5.69 Å². The first-order chi connectivity index (χ1) is 9.58. The Kier molecular flexibility index (Phi) is 5.32. The van der Waals surface area contributed by atoms with Gasteiger partial charge in [-0.15, -0.1) is 5.14 Å². The van der Waals surface area contributed by atoms with Gasteiger partial charge in [-0.05, 0) is 18.6 Å². The van der Waals surface area contributed by atoms with Crippen LogP contribution >= 0.6 is 0 Å². The summed E-state index contributed by atoms with van der Waals surface area (Å²) in [5.74, 6) is 0. The summed E-state index contributed by atoms with van der Waals surface area (Å²) in [6.45, 7) is 3.84. The van der Waals surface area contributed by atoms with Gasteiger partial charge in [-0.1, -0.05) is 0 Å². The number of nitro benzene ring substituents is 1. The quantitative estimate of drug-likeness (QED) is 0.481. The van der Waals surface area contributed by atoms with Crippen molar-refractivity contribution in [2.24, 2.45) is 5.14 Å². The summed E-state index contributed by atoms with van der Waals surface area (Å²) in [5, 5.41) is 16.3. The van der Waals surface area contributed by atoms with Crippen LogP contribution in [0.5, 0.6) is 0 Å². The summed E-state index contributed by atoms with van der Waals surface area (Å²) >= 11 is -1.70. The van der Waals surface area contributed by atoms with Crippen LogP contribution in [0.1, 0.15) is 5.56 Å². The summed E-state index contributed by atoms with van der Waals surface area (Å²) in [6.07, 6.45) is 0.577. The first kappa shape index (κ1) is 15.2. The first-order valence-electron chi connectivity index (χ1n) is 6.31. The average Bonchev–Trinajstić information content (AvgIpc) is 2.45. The second kappa shape index (κ2) is 7.00. The van der Waals surface area contributed by atoms with Crippen molar-refractivity contribution in [3.05, 3.63) is 33.9 Å². The van der Waals surface area contributed by atoms with Crippen molar-refractivity contribution < 1.29 is 14.2 Å². The second-order valence-electron chi connectivity index (χ2n) is 4.55. The van der Waals surface area contributed by atoms with Crippen molar-refractivity contribution in [1.82, 2.24) is 4.90 Å². The molecule has 2 N–H and O–H groups in total. The Hall–Kier alpha value is -1.19. The van der Waals surface area contributed by atoms with Gasteiger partial charge in [-0.25, -0.2) is 0 Å². The van der Waals surface area contributed by atoms with Crippen molar-refractivity contribution in [2.75, 3.05) is 32.8 Å². The van der Waals surface area contributed by atoms with Crippen molar-refractivity contribution in [3.8, 4) is 0 Å². The van der Waals surface area contributed by atoms with Crippen LogP contribution in [-0.2, 0) is 22.5 Å². The second-order valence-corrected chi connectivity index (χ2v) is 5.62. The first-order valence-corrected chi connectivity index (χ1v) is 7.53. The summed E-state index contributed by atoms with van der Waals surface area (Å²) in [7, 11) is 0. The predicted molar refractivity (Wildman–Crippen MR) is 74.7 cm³/mol. The van der Waals surface area contributed by atoms with Crippen molar-refractivity contribution in [2.45, 2.75) is 11.3 Å². The number of nitro groups is 1. The fraction of sp³-hybridized carbons (Fsp3) is 0.500. The van der Waals surface area contributed by atoms with E-state index in [2.05, 4.69) is 4.90 Å². The maximum atomic E-state index is 11.2. The lowest BCUT2D eigenvalue weighted by Crippen LogP contribution is -2.37. The number of hydrogen-bond acceptors (Lipinski definition) is 6. The standard InChI is InChI=1S/C12H17N3O4S/c13-20(18)11-2-1-10(12(9-11)15(16)17)3-4-14-5-7-19-8-6-14/h1-2,9H,3-8,13H2. The fourth-order valence-corrected chi connectivity index (χ4v) is 2.58. The third-order valence-corrected chi connectivity index (χ3v) is 4.01. The lowest BCUT2D eigenvalue weighted by atomic mass is 10.1. The van der Waals surface area contributed by atoms with E-state index in [-0.39, 0.29) is 10.6 Å². The number of benzene rings is 1. The number of nitrogens with zero attached hydrogens (tertiary/aromatic N) is 2.